The lowest BCUT2D eigenvalue weighted by Gasteiger charge is -2.19. The Balaban J connectivity index is 2.81. The molecule has 1 aromatic rings. The number of anilines is 1. The van der Waals surface area contributed by atoms with Crippen LogP contribution < -0.4 is 15.8 Å². The van der Waals surface area contributed by atoms with E-state index in [0.717, 1.165) is 0 Å². The third-order valence-electron chi connectivity index (χ3n) is 2.93. The molecule has 0 aromatic heterocycles. The van der Waals surface area contributed by atoms with E-state index in [0.29, 0.717) is 0 Å². The molecule has 0 aliphatic heterocycles. The largest absolute Gasteiger partial charge is 0.482 e. The molecule has 118 valence electrons. The van der Waals surface area contributed by atoms with Gasteiger partial charge in [-0.1, -0.05) is 26.0 Å². The van der Waals surface area contributed by atoms with Crippen molar-refractivity contribution in [2.45, 2.75) is 20.0 Å². The van der Waals surface area contributed by atoms with Crippen LogP contribution in [0.3, 0.4) is 0 Å². The monoisotopic (exact) mass is 304 g/mol. The average Bonchev–Trinajstić information content (AvgIpc) is 2.37. The number of carbonyl (C=O) groups excluding carboxylic acids is 1. The molecule has 1 amide bonds. The lowest BCUT2D eigenvalue weighted by atomic mass is 9.95. The predicted molar refractivity (Wildman–Crippen MR) is 74.0 cm³/mol. The summed E-state index contributed by atoms with van der Waals surface area (Å²) in [5.41, 5.74) is 5.74. The maximum Gasteiger partial charge on any atom is 0.422 e. The van der Waals surface area contributed by atoms with Gasteiger partial charge in [0, 0.05) is 6.54 Å². The molecule has 0 spiro atoms. The molecule has 0 heterocycles. The van der Waals surface area contributed by atoms with Crippen LogP contribution in [0, 0.1) is 11.8 Å². The molecule has 0 fully saturated rings. The number of para-hydroxylation sites is 2. The van der Waals surface area contributed by atoms with Gasteiger partial charge in [-0.25, -0.2) is 0 Å². The Morgan fingerprint density at radius 3 is 2.48 bits per heavy atom. The van der Waals surface area contributed by atoms with E-state index in [2.05, 4.69) is 5.32 Å². The normalized spacial score (nSPS) is 13.1. The fourth-order valence-electron chi connectivity index (χ4n) is 1.76. The molecule has 0 aliphatic rings. The van der Waals surface area contributed by atoms with E-state index in [1.165, 1.54) is 18.2 Å². The van der Waals surface area contributed by atoms with Crippen molar-refractivity contribution in [2.75, 3.05) is 18.5 Å². The van der Waals surface area contributed by atoms with Crippen molar-refractivity contribution >= 4 is 11.6 Å². The fourth-order valence-corrected chi connectivity index (χ4v) is 1.76. The van der Waals surface area contributed by atoms with E-state index in [1.54, 1.807) is 6.07 Å². The lowest BCUT2D eigenvalue weighted by Crippen LogP contribution is -2.33. The van der Waals surface area contributed by atoms with Crippen LogP contribution in [-0.4, -0.2) is 25.2 Å². The Labute approximate surface area is 121 Å². The minimum absolute atomic E-state index is 0.0253. The molecule has 1 unspecified atom stereocenters. The minimum atomic E-state index is -4.44. The van der Waals surface area contributed by atoms with Crippen LogP contribution in [0.4, 0.5) is 18.9 Å². The second-order valence-electron chi connectivity index (χ2n) is 4.98. The summed E-state index contributed by atoms with van der Waals surface area (Å²) >= 11 is 0. The van der Waals surface area contributed by atoms with Gasteiger partial charge in [-0.15, -0.1) is 0 Å². The molecule has 0 radical (unpaired) electrons. The number of nitrogens with one attached hydrogen (secondary N) is 1. The molecule has 7 heteroatoms. The summed E-state index contributed by atoms with van der Waals surface area (Å²) in [5, 5.41) is 2.57. The number of benzene rings is 1. The van der Waals surface area contributed by atoms with Gasteiger partial charge in [-0.3, -0.25) is 4.79 Å². The van der Waals surface area contributed by atoms with Crippen LogP contribution in [0.2, 0.25) is 0 Å². The fraction of sp³-hybridized carbons (Fsp3) is 0.500. The Kier molecular flexibility index (Phi) is 6.02. The van der Waals surface area contributed by atoms with Gasteiger partial charge in [0.05, 0.1) is 11.6 Å². The second kappa shape index (κ2) is 7.31. The van der Waals surface area contributed by atoms with Crippen LogP contribution in [-0.2, 0) is 4.79 Å². The number of rotatable bonds is 6. The van der Waals surface area contributed by atoms with Gasteiger partial charge >= 0.3 is 6.18 Å². The summed E-state index contributed by atoms with van der Waals surface area (Å²) in [6, 6.07) is 5.98. The highest BCUT2D eigenvalue weighted by Gasteiger charge is 2.29. The Morgan fingerprint density at radius 1 is 1.33 bits per heavy atom. The molecule has 1 aromatic carbocycles. The number of carbonyl (C=O) groups is 1. The van der Waals surface area contributed by atoms with E-state index >= 15 is 0 Å². The quantitative estimate of drug-likeness (QED) is 0.849. The van der Waals surface area contributed by atoms with Crippen molar-refractivity contribution < 1.29 is 22.7 Å². The molecule has 1 atom stereocenters. The molecule has 0 saturated carbocycles. The van der Waals surface area contributed by atoms with Gasteiger partial charge in [0.1, 0.15) is 5.75 Å². The lowest BCUT2D eigenvalue weighted by molar-refractivity contribution is -0.153. The van der Waals surface area contributed by atoms with E-state index in [1.807, 2.05) is 13.8 Å². The zero-order chi connectivity index (χ0) is 16.0. The third kappa shape index (κ3) is 5.63. The van der Waals surface area contributed by atoms with Crippen LogP contribution in [0.5, 0.6) is 5.75 Å². The van der Waals surface area contributed by atoms with Gasteiger partial charge in [0.25, 0.3) is 0 Å². The standard InChI is InChI=1S/C14H19F3N2O2/c1-9(2)10(7-18)13(20)19-11-5-3-4-6-12(11)21-8-14(15,16)17/h3-6,9-10H,7-8,18H2,1-2H3,(H,19,20). The molecule has 0 aliphatic carbocycles. The summed E-state index contributed by atoms with van der Waals surface area (Å²) in [4.78, 5) is 12.1. The number of halogens is 3. The van der Waals surface area contributed by atoms with Crippen molar-refractivity contribution in [3.63, 3.8) is 0 Å². The highest BCUT2D eigenvalue weighted by atomic mass is 19.4. The molecule has 1 rings (SSSR count). The van der Waals surface area contributed by atoms with Gasteiger partial charge in [0.2, 0.25) is 5.91 Å². The predicted octanol–water partition coefficient (Wildman–Crippen LogP) is 2.80. The van der Waals surface area contributed by atoms with Gasteiger partial charge in [-0.05, 0) is 18.1 Å². The first-order valence-electron chi connectivity index (χ1n) is 6.54. The Bertz CT molecular complexity index is 476. The molecule has 3 N–H and O–H groups in total. The van der Waals surface area contributed by atoms with E-state index < -0.39 is 18.7 Å². The highest BCUT2D eigenvalue weighted by Crippen LogP contribution is 2.27. The Morgan fingerprint density at radius 2 is 1.95 bits per heavy atom. The zero-order valence-electron chi connectivity index (χ0n) is 11.9. The molecule has 21 heavy (non-hydrogen) atoms. The maximum atomic E-state index is 12.2. The average molecular weight is 304 g/mol. The Hall–Kier alpha value is -1.76. The summed E-state index contributed by atoms with van der Waals surface area (Å²) in [5.74, 6) is -0.753. The van der Waals surface area contributed by atoms with E-state index in [4.69, 9.17) is 10.5 Å². The van der Waals surface area contributed by atoms with Crippen molar-refractivity contribution in [3.05, 3.63) is 24.3 Å². The molecule has 4 nitrogen and oxygen atoms in total. The number of nitrogens with two attached hydrogens (primary N) is 1. The van der Waals surface area contributed by atoms with E-state index in [-0.39, 0.29) is 29.8 Å². The second-order valence-corrected chi connectivity index (χ2v) is 4.98. The van der Waals surface area contributed by atoms with Crippen molar-refractivity contribution in [3.8, 4) is 5.75 Å². The summed E-state index contributed by atoms with van der Waals surface area (Å²) < 4.78 is 41.3. The van der Waals surface area contributed by atoms with Gasteiger partial charge in [-0.2, -0.15) is 13.2 Å². The number of hydrogen-bond donors (Lipinski definition) is 2. The molecule has 0 bridgehead atoms. The van der Waals surface area contributed by atoms with Crippen LogP contribution in [0.15, 0.2) is 24.3 Å². The molecule has 0 saturated heterocycles. The van der Waals surface area contributed by atoms with Gasteiger partial charge < -0.3 is 15.8 Å². The SMILES string of the molecule is CC(C)C(CN)C(=O)Nc1ccccc1OCC(F)(F)F. The number of amides is 1. The smallest absolute Gasteiger partial charge is 0.422 e. The maximum absolute atomic E-state index is 12.2. The van der Waals surface area contributed by atoms with Crippen LogP contribution in [0.25, 0.3) is 0 Å². The molecular formula is C14H19F3N2O2. The van der Waals surface area contributed by atoms with Crippen LogP contribution >= 0.6 is 0 Å². The summed E-state index contributed by atoms with van der Waals surface area (Å²) in [7, 11) is 0. The van der Waals surface area contributed by atoms with Crippen molar-refractivity contribution in [1.82, 2.24) is 0 Å². The number of hydrogen-bond acceptors (Lipinski definition) is 3. The molecular weight excluding hydrogens is 285 g/mol. The highest BCUT2D eigenvalue weighted by molar-refractivity contribution is 5.94. The topological polar surface area (TPSA) is 64.4 Å². The minimum Gasteiger partial charge on any atom is -0.482 e. The number of alkyl halides is 3. The van der Waals surface area contributed by atoms with Crippen molar-refractivity contribution in [2.24, 2.45) is 17.6 Å². The zero-order valence-corrected chi connectivity index (χ0v) is 11.9. The summed E-state index contributed by atoms with van der Waals surface area (Å²) in [6.07, 6.45) is -4.44. The first kappa shape index (κ1) is 17.3. The first-order valence-corrected chi connectivity index (χ1v) is 6.54. The van der Waals surface area contributed by atoms with Crippen LogP contribution in [0.1, 0.15) is 13.8 Å². The number of ether oxygens (including phenoxy) is 1. The third-order valence-corrected chi connectivity index (χ3v) is 2.93. The summed E-state index contributed by atoms with van der Waals surface area (Å²) in [6.45, 7) is 2.45. The van der Waals surface area contributed by atoms with Crippen molar-refractivity contribution in [1.29, 1.82) is 0 Å². The van der Waals surface area contributed by atoms with E-state index in [9.17, 15) is 18.0 Å². The van der Waals surface area contributed by atoms with Gasteiger partial charge in [0.15, 0.2) is 6.61 Å². The first-order chi connectivity index (χ1) is 9.74.